The van der Waals surface area contributed by atoms with Gasteiger partial charge in [0.25, 0.3) is 0 Å². The number of aromatic nitrogens is 4. The van der Waals surface area contributed by atoms with E-state index in [1.54, 1.807) is 0 Å². The Labute approximate surface area is 192 Å². The van der Waals surface area contributed by atoms with Crippen LogP contribution >= 0.6 is 11.6 Å². The molecule has 1 aromatic carbocycles. The number of fused-ring (bicyclic) bond motifs is 1. The van der Waals surface area contributed by atoms with Crippen molar-refractivity contribution in [3.63, 3.8) is 0 Å². The van der Waals surface area contributed by atoms with Gasteiger partial charge < -0.3 is 21.1 Å². The summed E-state index contributed by atoms with van der Waals surface area (Å²) in [6.45, 7) is 2.30. The maximum Gasteiger partial charge on any atom is 0.224 e. The van der Waals surface area contributed by atoms with Crippen molar-refractivity contribution in [3.05, 3.63) is 35.5 Å². The number of hydrogen-bond acceptors (Lipinski definition) is 7. The summed E-state index contributed by atoms with van der Waals surface area (Å²) in [5.74, 6) is 2.03. The van der Waals surface area contributed by atoms with Crippen molar-refractivity contribution in [2.75, 3.05) is 30.4 Å². The van der Waals surface area contributed by atoms with Crippen molar-refractivity contribution in [3.8, 4) is 0 Å². The average molecular weight is 456 g/mol. The Bertz CT molecular complexity index is 1060. The van der Waals surface area contributed by atoms with Crippen molar-refractivity contribution in [1.29, 1.82) is 0 Å². The smallest absolute Gasteiger partial charge is 0.224 e. The van der Waals surface area contributed by atoms with Gasteiger partial charge in [-0.2, -0.15) is 4.98 Å². The second-order valence-electron chi connectivity index (χ2n) is 8.78. The SMILES string of the molecule is NC[C@H]1CC[C@H](n2c(Nc3cccc(Cl)c3)nc3cnc(NC4CCOCC4)nc32)CC1. The fraction of sp³-hybridized carbons (Fsp3) is 0.522. The van der Waals surface area contributed by atoms with Gasteiger partial charge in [-0.25, -0.2) is 9.97 Å². The molecule has 2 aliphatic rings. The number of anilines is 3. The highest BCUT2D eigenvalue weighted by Crippen LogP contribution is 2.37. The third-order valence-corrected chi connectivity index (χ3v) is 6.82. The number of nitrogens with two attached hydrogens (primary N) is 1. The van der Waals surface area contributed by atoms with Crippen LogP contribution in [-0.2, 0) is 4.74 Å². The number of hydrogen-bond donors (Lipinski definition) is 3. The summed E-state index contributed by atoms with van der Waals surface area (Å²) >= 11 is 6.21. The zero-order chi connectivity index (χ0) is 21.9. The maximum absolute atomic E-state index is 6.21. The highest BCUT2D eigenvalue weighted by Gasteiger charge is 2.27. The lowest BCUT2D eigenvalue weighted by molar-refractivity contribution is 0.0903. The van der Waals surface area contributed by atoms with Crippen LogP contribution in [0.2, 0.25) is 5.02 Å². The lowest BCUT2D eigenvalue weighted by Gasteiger charge is -2.30. The number of nitrogens with zero attached hydrogens (tertiary/aromatic N) is 4. The van der Waals surface area contributed by atoms with Gasteiger partial charge in [0.2, 0.25) is 11.9 Å². The van der Waals surface area contributed by atoms with Crippen LogP contribution in [0.1, 0.15) is 44.6 Å². The van der Waals surface area contributed by atoms with E-state index in [0.29, 0.717) is 29.0 Å². The Hall–Kier alpha value is -2.42. The molecule has 0 unspecified atom stereocenters. The molecule has 1 saturated carbocycles. The molecule has 0 atom stereocenters. The van der Waals surface area contributed by atoms with E-state index >= 15 is 0 Å². The molecule has 1 aliphatic carbocycles. The first kappa shape index (κ1) is 21.4. The fourth-order valence-electron chi connectivity index (χ4n) is 4.75. The molecule has 2 aromatic heterocycles. The van der Waals surface area contributed by atoms with Gasteiger partial charge in [-0.05, 0) is 69.2 Å². The Morgan fingerprint density at radius 2 is 1.91 bits per heavy atom. The fourth-order valence-corrected chi connectivity index (χ4v) is 4.94. The van der Waals surface area contributed by atoms with E-state index in [0.717, 1.165) is 81.1 Å². The quantitative estimate of drug-likeness (QED) is 0.502. The minimum absolute atomic E-state index is 0.315. The van der Waals surface area contributed by atoms with Crippen LogP contribution in [0, 0.1) is 5.92 Å². The summed E-state index contributed by atoms with van der Waals surface area (Å²) in [6, 6.07) is 8.34. The van der Waals surface area contributed by atoms with Crippen LogP contribution in [0.15, 0.2) is 30.5 Å². The van der Waals surface area contributed by atoms with Gasteiger partial charge in [0.15, 0.2) is 5.65 Å². The Morgan fingerprint density at radius 1 is 1.09 bits per heavy atom. The van der Waals surface area contributed by atoms with Gasteiger partial charge in [0.05, 0.1) is 6.20 Å². The minimum Gasteiger partial charge on any atom is -0.381 e. The molecule has 2 fully saturated rings. The molecule has 5 rings (SSSR count). The highest BCUT2D eigenvalue weighted by atomic mass is 35.5. The van der Waals surface area contributed by atoms with E-state index < -0.39 is 0 Å². The van der Waals surface area contributed by atoms with Gasteiger partial charge >= 0.3 is 0 Å². The molecule has 8 nitrogen and oxygen atoms in total. The molecule has 170 valence electrons. The monoisotopic (exact) mass is 455 g/mol. The van der Waals surface area contributed by atoms with Crippen molar-refractivity contribution >= 4 is 40.3 Å². The van der Waals surface area contributed by atoms with E-state index in [1.807, 2.05) is 30.5 Å². The normalized spacial score (nSPS) is 22.2. The molecule has 0 amide bonds. The number of rotatable bonds is 6. The number of imidazole rings is 1. The molecule has 32 heavy (non-hydrogen) atoms. The molecule has 4 N–H and O–H groups in total. The highest BCUT2D eigenvalue weighted by molar-refractivity contribution is 6.30. The molecule has 0 bridgehead atoms. The van der Waals surface area contributed by atoms with Crippen LogP contribution in [0.4, 0.5) is 17.6 Å². The van der Waals surface area contributed by atoms with Gasteiger partial charge in [-0.1, -0.05) is 17.7 Å². The Morgan fingerprint density at radius 3 is 2.66 bits per heavy atom. The van der Waals surface area contributed by atoms with Crippen LogP contribution in [0.3, 0.4) is 0 Å². The van der Waals surface area contributed by atoms with Gasteiger partial charge in [-0.15, -0.1) is 0 Å². The third-order valence-electron chi connectivity index (χ3n) is 6.58. The molecule has 1 saturated heterocycles. The first-order valence-corrected chi connectivity index (χ1v) is 11.9. The Kier molecular flexibility index (Phi) is 6.43. The van der Waals surface area contributed by atoms with Crippen LogP contribution in [0.25, 0.3) is 11.2 Å². The number of nitrogens with one attached hydrogen (secondary N) is 2. The summed E-state index contributed by atoms with van der Waals surface area (Å²) in [5, 5.41) is 7.64. The maximum atomic E-state index is 6.21. The lowest BCUT2D eigenvalue weighted by Crippen LogP contribution is -2.28. The van der Waals surface area contributed by atoms with Gasteiger partial charge in [0.1, 0.15) is 5.52 Å². The predicted octanol–water partition coefficient (Wildman–Crippen LogP) is 4.50. The number of ether oxygens (including phenoxy) is 1. The van der Waals surface area contributed by atoms with Crippen molar-refractivity contribution < 1.29 is 4.74 Å². The number of benzene rings is 1. The van der Waals surface area contributed by atoms with E-state index in [9.17, 15) is 0 Å². The zero-order valence-electron chi connectivity index (χ0n) is 18.1. The van der Waals surface area contributed by atoms with E-state index in [2.05, 4.69) is 20.2 Å². The summed E-state index contributed by atoms with van der Waals surface area (Å²) in [4.78, 5) is 14.3. The van der Waals surface area contributed by atoms with Crippen molar-refractivity contribution in [2.45, 2.75) is 50.6 Å². The molecule has 3 aromatic rings. The molecule has 1 aliphatic heterocycles. The van der Waals surface area contributed by atoms with Crippen LogP contribution < -0.4 is 16.4 Å². The van der Waals surface area contributed by atoms with Gasteiger partial charge in [0, 0.05) is 36.0 Å². The summed E-state index contributed by atoms with van der Waals surface area (Å²) in [5.41, 5.74) is 8.47. The van der Waals surface area contributed by atoms with E-state index in [1.165, 1.54) is 0 Å². The predicted molar refractivity (Wildman–Crippen MR) is 128 cm³/mol. The summed E-state index contributed by atoms with van der Waals surface area (Å²) in [6.07, 6.45) is 8.10. The molecular formula is C23H30ClN7O. The van der Waals surface area contributed by atoms with Crippen molar-refractivity contribution in [1.82, 2.24) is 19.5 Å². The van der Waals surface area contributed by atoms with E-state index in [4.69, 9.17) is 32.0 Å². The molecule has 3 heterocycles. The first-order chi connectivity index (χ1) is 15.7. The molecule has 9 heteroatoms. The second-order valence-corrected chi connectivity index (χ2v) is 9.22. The van der Waals surface area contributed by atoms with Crippen LogP contribution in [0.5, 0.6) is 0 Å². The minimum atomic E-state index is 0.315. The molecule has 0 spiro atoms. The van der Waals surface area contributed by atoms with Crippen LogP contribution in [-0.4, -0.2) is 45.3 Å². The zero-order valence-corrected chi connectivity index (χ0v) is 18.9. The topological polar surface area (TPSA) is 103 Å². The largest absolute Gasteiger partial charge is 0.381 e. The standard InChI is InChI=1S/C23H30ClN7O/c24-16-2-1-3-18(12-16)28-23-29-20-14-26-22(27-17-8-10-32-11-9-17)30-21(20)31(23)19-6-4-15(13-25)5-7-19/h1-3,12,14-15,17,19H,4-11,13,25H2,(H,28,29)(H,26,27,30)/t15-,19-. The first-order valence-electron chi connectivity index (χ1n) is 11.5. The Balaban J connectivity index is 1.49. The second kappa shape index (κ2) is 9.60. The van der Waals surface area contributed by atoms with Gasteiger partial charge in [-0.3, -0.25) is 4.57 Å². The average Bonchev–Trinajstić information content (AvgIpc) is 3.17. The van der Waals surface area contributed by atoms with E-state index in [-0.39, 0.29) is 0 Å². The summed E-state index contributed by atoms with van der Waals surface area (Å²) < 4.78 is 7.72. The summed E-state index contributed by atoms with van der Waals surface area (Å²) in [7, 11) is 0. The third kappa shape index (κ3) is 4.67. The lowest BCUT2D eigenvalue weighted by atomic mass is 9.86. The molecule has 0 radical (unpaired) electrons. The number of halogens is 1. The van der Waals surface area contributed by atoms with Crippen molar-refractivity contribution in [2.24, 2.45) is 11.7 Å². The molecular weight excluding hydrogens is 426 g/mol.